The van der Waals surface area contributed by atoms with Gasteiger partial charge >= 0.3 is 0 Å². The van der Waals surface area contributed by atoms with E-state index in [0.29, 0.717) is 12.5 Å². The number of amides is 1. The first-order valence-electron chi connectivity index (χ1n) is 9.05. The summed E-state index contributed by atoms with van der Waals surface area (Å²) in [4.78, 5) is 21.1. The van der Waals surface area contributed by atoms with Crippen LogP contribution < -0.4 is 10.9 Å². The Kier molecular flexibility index (Phi) is 5.78. The maximum atomic E-state index is 12.6. The zero-order valence-electron chi connectivity index (χ0n) is 15.5. The molecule has 2 heterocycles. The number of likely N-dealkylation sites (tertiary alicyclic amines) is 1. The quantitative estimate of drug-likeness (QED) is 0.648. The molecule has 2 aromatic rings. The molecule has 0 aliphatic carbocycles. The highest BCUT2D eigenvalue weighted by atomic mass is 28.1. The molecular weight excluding hydrogens is 342 g/mol. The number of hydrogen-bond acceptors (Lipinski definition) is 4. The third kappa shape index (κ3) is 3.99. The van der Waals surface area contributed by atoms with Crippen molar-refractivity contribution >= 4 is 38.3 Å². The zero-order valence-corrected chi connectivity index (χ0v) is 16.5. The van der Waals surface area contributed by atoms with Crippen LogP contribution in [0.4, 0.5) is 5.95 Å². The standard InChI is InChI=1S/C19H26N5OSi/c1-22(2)11-6-10-17(25)23-12-4-3-7-14(13-23)24-18-15(21-19(24)20)8-5-9-16(18)26/h5-6,8-10,14H,3-4,7,11-13H2,1-2H3,(H2,20,21)/b10-6+. The molecule has 1 aromatic carbocycles. The smallest absolute Gasteiger partial charge is 0.246 e. The Hall–Kier alpha value is -2.12. The van der Waals surface area contributed by atoms with Crippen LogP contribution in [0.5, 0.6) is 0 Å². The van der Waals surface area contributed by atoms with E-state index in [9.17, 15) is 4.79 Å². The van der Waals surface area contributed by atoms with E-state index in [1.807, 2.05) is 48.2 Å². The summed E-state index contributed by atoms with van der Waals surface area (Å²) in [7, 11) is 7.66. The number of aromatic nitrogens is 2. The number of nitrogens with two attached hydrogens (primary N) is 1. The van der Waals surface area contributed by atoms with Gasteiger partial charge in [-0.2, -0.15) is 0 Å². The lowest BCUT2D eigenvalue weighted by atomic mass is 10.1. The van der Waals surface area contributed by atoms with Crippen molar-refractivity contribution in [3.05, 3.63) is 30.4 Å². The molecule has 26 heavy (non-hydrogen) atoms. The average molecular weight is 369 g/mol. The van der Waals surface area contributed by atoms with Gasteiger partial charge in [0.15, 0.2) is 0 Å². The summed E-state index contributed by atoms with van der Waals surface area (Å²) in [6.45, 7) is 2.20. The SMILES string of the molecule is CN(C)C/C=C/C(=O)N1CCCCC(n2c(N)nc3cccc([Si])c32)C1. The lowest BCUT2D eigenvalue weighted by Crippen LogP contribution is -2.35. The minimum atomic E-state index is 0.0698. The number of nitrogens with zero attached hydrogens (tertiary/aromatic N) is 4. The van der Waals surface area contributed by atoms with Gasteiger partial charge in [-0.05, 0) is 44.6 Å². The van der Waals surface area contributed by atoms with Crippen molar-refractivity contribution in [2.45, 2.75) is 25.3 Å². The van der Waals surface area contributed by atoms with Crippen LogP contribution in [-0.2, 0) is 4.79 Å². The van der Waals surface area contributed by atoms with E-state index in [4.69, 9.17) is 5.73 Å². The Balaban J connectivity index is 1.86. The minimum Gasteiger partial charge on any atom is -0.369 e. The van der Waals surface area contributed by atoms with Crippen molar-refractivity contribution in [3.63, 3.8) is 0 Å². The van der Waals surface area contributed by atoms with Crippen LogP contribution in [0, 0.1) is 0 Å². The van der Waals surface area contributed by atoms with Gasteiger partial charge in [-0.3, -0.25) is 4.79 Å². The second-order valence-electron chi connectivity index (χ2n) is 7.11. The number of hydrogen-bond donors (Lipinski definition) is 1. The third-order valence-corrected chi connectivity index (χ3v) is 5.20. The Morgan fingerprint density at radius 2 is 2.23 bits per heavy atom. The summed E-state index contributed by atoms with van der Waals surface area (Å²) < 4.78 is 2.09. The fourth-order valence-corrected chi connectivity index (χ4v) is 3.88. The number of rotatable bonds is 4. The molecule has 1 unspecified atom stereocenters. The van der Waals surface area contributed by atoms with E-state index in [0.717, 1.165) is 48.6 Å². The number of para-hydroxylation sites is 1. The number of likely N-dealkylation sites (N-methyl/N-ethyl adjacent to an activating group) is 1. The molecule has 137 valence electrons. The van der Waals surface area contributed by atoms with E-state index in [1.165, 1.54) is 0 Å². The second-order valence-corrected chi connectivity index (χ2v) is 7.65. The van der Waals surface area contributed by atoms with Crippen molar-refractivity contribution in [2.75, 3.05) is 39.5 Å². The van der Waals surface area contributed by atoms with Crippen molar-refractivity contribution < 1.29 is 4.79 Å². The number of carbonyl (C=O) groups excluding carboxylic acids is 1. The summed E-state index contributed by atoms with van der Waals surface area (Å²) in [6, 6.07) is 6.06. The first-order chi connectivity index (χ1) is 12.5. The summed E-state index contributed by atoms with van der Waals surface area (Å²) in [5, 5.41) is 0.972. The molecule has 3 radical (unpaired) electrons. The van der Waals surface area contributed by atoms with Gasteiger partial charge in [0.25, 0.3) is 0 Å². The molecule has 1 aliphatic rings. The Morgan fingerprint density at radius 3 is 3.00 bits per heavy atom. The van der Waals surface area contributed by atoms with Crippen LogP contribution in [0.3, 0.4) is 0 Å². The minimum absolute atomic E-state index is 0.0698. The fraction of sp³-hybridized carbons (Fsp3) is 0.474. The lowest BCUT2D eigenvalue weighted by Gasteiger charge is -2.26. The van der Waals surface area contributed by atoms with E-state index >= 15 is 0 Å². The predicted molar refractivity (Wildman–Crippen MR) is 107 cm³/mol. The van der Waals surface area contributed by atoms with Crippen molar-refractivity contribution in [2.24, 2.45) is 0 Å². The molecule has 0 bridgehead atoms. The average Bonchev–Trinajstić information content (AvgIpc) is 2.77. The van der Waals surface area contributed by atoms with Crippen LogP contribution in [0.2, 0.25) is 0 Å². The highest BCUT2D eigenvalue weighted by Crippen LogP contribution is 2.28. The molecule has 6 nitrogen and oxygen atoms in total. The van der Waals surface area contributed by atoms with Gasteiger partial charge in [-0.25, -0.2) is 4.98 Å². The summed E-state index contributed by atoms with van der Waals surface area (Å²) in [6.07, 6.45) is 6.67. The van der Waals surface area contributed by atoms with Gasteiger partial charge in [0.1, 0.15) is 0 Å². The lowest BCUT2D eigenvalue weighted by molar-refractivity contribution is -0.126. The summed E-state index contributed by atoms with van der Waals surface area (Å²) in [5.41, 5.74) is 8.13. The van der Waals surface area contributed by atoms with Gasteiger partial charge in [0, 0.05) is 25.7 Å². The van der Waals surface area contributed by atoms with E-state index in [-0.39, 0.29) is 11.9 Å². The van der Waals surface area contributed by atoms with Crippen molar-refractivity contribution in [1.29, 1.82) is 0 Å². The fourth-order valence-electron chi connectivity index (χ4n) is 3.54. The first-order valence-corrected chi connectivity index (χ1v) is 9.55. The molecule has 3 rings (SSSR count). The van der Waals surface area contributed by atoms with Crippen LogP contribution in [-0.4, -0.2) is 69.2 Å². The summed E-state index contributed by atoms with van der Waals surface area (Å²) in [5.74, 6) is 0.577. The molecule has 0 spiro atoms. The molecule has 0 saturated carbocycles. The summed E-state index contributed by atoms with van der Waals surface area (Å²) >= 11 is 0. The Labute approximate surface area is 158 Å². The molecule has 1 saturated heterocycles. The maximum absolute atomic E-state index is 12.6. The second kappa shape index (κ2) is 8.05. The van der Waals surface area contributed by atoms with Gasteiger partial charge in [-0.1, -0.05) is 18.2 Å². The first kappa shape index (κ1) is 18.7. The maximum Gasteiger partial charge on any atom is 0.246 e. The molecule has 1 aromatic heterocycles. The van der Waals surface area contributed by atoms with E-state index in [2.05, 4.69) is 19.8 Å². The predicted octanol–water partition coefficient (Wildman–Crippen LogP) is 1.08. The van der Waals surface area contributed by atoms with Crippen molar-refractivity contribution in [3.8, 4) is 0 Å². The van der Waals surface area contributed by atoms with Gasteiger partial charge < -0.3 is 20.1 Å². The molecule has 1 amide bonds. The van der Waals surface area contributed by atoms with E-state index < -0.39 is 0 Å². The molecule has 1 aliphatic heterocycles. The number of carbonyl (C=O) groups is 1. The number of fused-ring (bicyclic) bond motifs is 1. The Morgan fingerprint density at radius 1 is 1.42 bits per heavy atom. The van der Waals surface area contributed by atoms with Gasteiger partial charge in [-0.15, -0.1) is 0 Å². The molecular formula is C19H26N5OSi. The monoisotopic (exact) mass is 368 g/mol. The van der Waals surface area contributed by atoms with E-state index in [1.54, 1.807) is 6.08 Å². The highest BCUT2D eigenvalue weighted by molar-refractivity contribution is 6.38. The third-order valence-electron chi connectivity index (χ3n) is 4.79. The Bertz CT molecular complexity index is 814. The number of nitrogen functional groups attached to an aromatic ring is 1. The molecule has 2 N–H and O–H groups in total. The number of anilines is 1. The topological polar surface area (TPSA) is 67.4 Å². The van der Waals surface area contributed by atoms with Gasteiger partial charge in [0.2, 0.25) is 11.9 Å². The van der Waals surface area contributed by atoms with Crippen LogP contribution in [0.15, 0.2) is 30.4 Å². The molecule has 1 atom stereocenters. The van der Waals surface area contributed by atoms with Crippen LogP contribution >= 0.6 is 0 Å². The van der Waals surface area contributed by atoms with Crippen LogP contribution in [0.25, 0.3) is 11.0 Å². The van der Waals surface area contributed by atoms with Crippen molar-refractivity contribution in [1.82, 2.24) is 19.4 Å². The molecule has 7 heteroatoms. The number of imidazole rings is 1. The van der Waals surface area contributed by atoms with Crippen LogP contribution in [0.1, 0.15) is 25.3 Å². The normalized spacial score (nSPS) is 18.8. The highest BCUT2D eigenvalue weighted by Gasteiger charge is 2.25. The largest absolute Gasteiger partial charge is 0.369 e. The van der Waals surface area contributed by atoms with Gasteiger partial charge in [0.05, 0.1) is 27.3 Å². The molecule has 1 fully saturated rings. The number of benzene rings is 1. The zero-order chi connectivity index (χ0) is 18.7.